The number of anilines is 3. The Morgan fingerprint density at radius 2 is 1.73 bits per heavy atom. The number of nitrogens with zero attached hydrogens (tertiary/aromatic N) is 2. The third-order valence-corrected chi connectivity index (χ3v) is 5.59. The number of cyclic esters (lactones) is 1. The number of halogens is 1. The van der Waals surface area contributed by atoms with Crippen molar-refractivity contribution in [3.05, 3.63) is 53.8 Å². The molecule has 33 heavy (non-hydrogen) atoms. The number of carbonyl (C=O) groups is 3. The third kappa shape index (κ3) is 4.90. The molecule has 0 radical (unpaired) electrons. The molecule has 0 bridgehead atoms. The van der Waals surface area contributed by atoms with Crippen LogP contribution in [0.15, 0.2) is 42.5 Å². The van der Waals surface area contributed by atoms with Crippen molar-refractivity contribution in [2.75, 3.05) is 41.4 Å². The van der Waals surface area contributed by atoms with Gasteiger partial charge in [0, 0.05) is 31.4 Å². The summed E-state index contributed by atoms with van der Waals surface area (Å²) in [6.07, 6.45) is -1.56. The molecule has 2 aromatic carbocycles. The molecule has 2 saturated heterocycles. The number of benzene rings is 2. The smallest absolute Gasteiger partial charge is 0.416 e. The van der Waals surface area contributed by atoms with Gasteiger partial charge in [-0.15, -0.1) is 0 Å². The van der Waals surface area contributed by atoms with Crippen LogP contribution in [0.3, 0.4) is 0 Å². The Morgan fingerprint density at radius 1 is 1.06 bits per heavy atom. The molecule has 174 valence electrons. The van der Waals surface area contributed by atoms with Crippen LogP contribution in [-0.2, 0) is 14.3 Å². The van der Waals surface area contributed by atoms with Crippen LogP contribution in [0.25, 0.3) is 0 Å². The van der Waals surface area contributed by atoms with E-state index in [4.69, 9.17) is 9.47 Å². The van der Waals surface area contributed by atoms with Gasteiger partial charge in [-0.1, -0.05) is 0 Å². The van der Waals surface area contributed by atoms with E-state index in [0.717, 1.165) is 24.8 Å². The number of hydrogen-bond donors (Lipinski definition) is 2. The van der Waals surface area contributed by atoms with Crippen molar-refractivity contribution in [1.82, 2.24) is 5.32 Å². The molecule has 2 heterocycles. The zero-order valence-corrected chi connectivity index (χ0v) is 18.3. The Hall–Kier alpha value is -3.66. The lowest BCUT2D eigenvalue weighted by Crippen LogP contribution is -2.43. The highest BCUT2D eigenvalue weighted by Crippen LogP contribution is 2.28. The van der Waals surface area contributed by atoms with Crippen molar-refractivity contribution < 1.29 is 28.2 Å². The summed E-state index contributed by atoms with van der Waals surface area (Å²) in [6.45, 7) is 5.94. The highest BCUT2D eigenvalue weighted by Gasteiger charge is 2.40. The van der Waals surface area contributed by atoms with Crippen LogP contribution in [-0.4, -0.2) is 56.5 Å². The first kappa shape index (κ1) is 22.5. The maximum Gasteiger partial charge on any atom is 0.416 e. The zero-order valence-electron chi connectivity index (χ0n) is 18.3. The van der Waals surface area contributed by atoms with Crippen molar-refractivity contribution >= 4 is 35.0 Å². The summed E-state index contributed by atoms with van der Waals surface area (Å²) in [5, 5.41) is 5.22. The van der Waals surface area contributed by atoms with Crippen LogP contribution < -0.4 is 20.4 Å². The standard InChI is InChI=1S/C23H25FN4O5/c1-14-22(25-15(2)29)33-23(31)28(14)18-7-8-19(20(24)13-18)21(30)26-16-3-5-17(6-4-16)27-9-11-32-12-10-27/h3-8,13-14,22H,9-12H2,1-2H3,(H,25,29)(H,26,30)/t14?,22-/m0/s1. The largest absolute Gasteiger partial charge is 0.423 e. The number of carbonyl (C=O) groups excluding carboxylic acids is 3. The van der Waals surface area contributed by atoms with Gasteiger partial charge in [0.2, 0.25) is 5.91 Å². The van der Waals surface area contributed by atoms with Crippen molar-refractivity contribution in [3.63, 3.8) is 0 Å². The Kier molecular flexibility index (Phi) is 6.45. The van der Waals surface area contributed by atoms with Crippen molar-refractivity contribution in [2.24, 2.45) is 0 Å². The topological polar surface area (TPSA) is 100 Å². The second-order valence-electron chi connectivity index (χ2n) is 7.88. The van der Waals surface area contributed by atoms with Crippen LogP contribution in [0.2, 0.25) is 0 Å². The van der Waals surface area contributed by atoms with Crippen LogP contribution in [0, 0.1) is 5.82 Å². The summed E-state index contributed by atoms with van der Waals surface area (Å²) in [5.41, 5.74) is 1.63. The minimum atomic E-state index is -0.846. The fourth-order valence-corrected chi connectivity index (χ4v) is 3.87. The molecule has 10 heteroatoms. The predicted octanol–water partition coefficient (Wildman–Crippen LogP) is 2.72. The van der Waals surface area contributed by atoms with E-state index in [-0.39, 0.29) is 17.2 Å². The molecule has 0 spiro atoms. The van der Waals surface area contributed by atoms with E-state index in [1.807, 2.05) is 12.1 Å². The normalized spacial score (nSPS) is 20.4. The molecule has 2 N–H and O–H groups in total. The number of rotatable bonds is 5. The first-order valence-electron chi connectivity index (χ1n) is 10.6. The van der Waals surface area contributed by atoms with Crippen LogP contribution in [0.5, 0.6) is 0 Å². The highest BCUT2D eigenvalue weighted by molar-refractivity contribution is 6.05. The first-order chi connectivity index (χ1) is 15.8. The van der Waals surface area contributed by atoms with Crippen LogP contribution >= 0.6 is 0 Å². The Balaban J connectivity index is 1.44. The van der Waals surface area contributed by atoms with Crippen molar-refractivity contribution in [2.45, 2.75) is 26.1 Å². The minimum Gasteiger partial charge on any atom is -0.423 e. The fourth-order valence-electron chi connectivity index (χ4n) is 3.87. The van der Waals surface area contributed by atoms with E-state index in [2.05, 4.69) is 15.5 Å². The molecule has 2 aliphatic rings. The van der Waals surface area contributed by atoms with Crippen molar-refractivity contribution in [1.29, 1.82) is 0 Å². The summed E-state index contributed by atoms with van der Waals surface area (Å²) in [7, 11) is 0. The lowest BCUT2D eigenvalue weighted by atomic mass is 10.1. The Labute approximate surface area is 190 Å². The molecule has 0 aromatic heterocycles. The van der Waals surface area contributed by atoms with E-state index in [9.17, 15) is 18.8 Å². The van der Waals surface area contributed by atoms with Crippen molar-refractivity contribution in [3.8, 4) is 0 Å². The molecule has 4 rings (SSSR count). The predicted molar refractivity (Wildman–Crippen MR) is 120 cm³/mol. The van der Waals surface area contributed by atoms with Gasteiger partial charge in [-0.25, -0.2) is 9.18 Å². The number of morpholine rings is 1. The maximum atomic E-state index is 14.8. The molecule has 2 fully saturated rings. The molecule has 0 aliphatic carbocycles. The van der Waals surface area contributed by atoms with Gasteiger partial charge in [0.25, 0.3) is 5.91 Å². The summed E-state index contributed by atoms with van der Waals surface area (Å²) in [5.74, 6) is -1.73. The maximum absolute atomic E-state index is 14.8. The van der Waals surface area contributed by atoms with Gasteiger partial charge in [-0.2, -0.15) is 0 Å². The van der Waals surface area contributed by atoms with E-state index < -0.39 is 30.1 Å². The van der Waals surface area contributed by atoms with Gasteiger partial charge in [0.1, 0.15) is 5.82 Å². The van der Waals surface area contributed by atoms with Gasteiger partial charge < -0.3 is 25.0 Å². The Bertz CT molecular complexity index is 1060. The van der Waals surface area contributed by atoms with E-state index in [0.29, 0.717) is 18.9 Å². The lowest BCUT2D eigenvalue weighted by molar-refractivity contribution is -0.121. The number of ether oxygens (including phenoxy) is 2. The summed E-state index contributed by atoms with van der Waals surface area (Å²) in [6, 6.07) is 10.6. The summed E-state index contributed by atoms with van der Waals surface area (Å²) in [4.78, 5) is 39.6. The second kappa shape index (κ2) is 9.45. The van der Waals surface area contributed by atoms with Gasteiger partial charge >= 0.3 is 6.09 Å². The zero-order chi connectivity index (χ0) is 23.5. The molecule has 9 nitrogen and oxygen atoms in total. The Morgan fingerprint density at radius 3 is 2.36 bits per heavy atom. The van der Waals surface area contributed by atoms with Crippen LogP contribution in [0.4, 0.5) is 26.2 Å². The summed E-state index contributed by atoms with van der Waals surface area (Å²) < 4.78 is 25.3. The minimum absolute atomic E-state index is 0.158. The van der Waals surface area contributed by atoms with E-state index in [1.165, 1.54) is 24.0 Å². The number of amides is 3. The van der Waals surface area contributed by atoms with Crippen LogP contribution in [0.1, 0.15) is 24.2 Å². The third-order valence-electron chi connectivity index (χ3n) is 5.59. The van der Waals surface area contributed by atoms with Gasteiger partial charge in [0.05, 0.1) is 30.5 Å². The lowest BCUT2D eigenvalue weighted by Gasteiger charge is -2.28. The number of hydrogen-bond acceptors (Lipinski definition) is 6. The van der Waals surface area contributed by atoms with E-state index in [1.54, 1.807) is 19.1 Å². The SMILES string of the molecule is CC(=O)N[C@H]1OC(=O)N(c2ccc(C(=O)Nc3ccc(N4CCOCC4)cc3)c(F)c2)C1C. The average molecular weight is 456 g/mol. The monoisotopic (exact) mass is 456 g/mol. The molecule has 2 atom stereocenters. The number of nitrogens with one attached hydrogen (secondary N) is 2. The van der Waals surface area contributed by atoms with Gasteiger partial charge in [-0.3, -0.25) is 14.5 Å². The average Bonchev–Trinajstić information content (AvgIpc) is 3.06. The fraction of sp³-hybridized carbons (Fsp3) is 0.348. The molecule has 2 aliphatic heterocycles. The first-order valence-corrected chi connectivity index (χ1v) is 10.6. The van der Waals surface area contributed by atoms with Gasteiger partial charge in [-0.05, 0) is 49.4 Å². The molecular formula is C23H25FN4O5. The molecule has 1 unspecified atom stereocenters. The molecular weight excluding hydrogens is 431 g/mol. The highest BCUT2D eigenvalue weighted by atomic mass is 19.1. The molecule has 3 amide bonds. The molecule has 2 aromatic rings. The quantitative estimate of drug-likeness (QED) is 0.718. The molecule has 0 saturated carbocycles. The van der Waals surface area contributed by atoms with E-state index >= 15 is 0 Å². The summed E-state index contributed by atoms with van der Waals surface area (Å²) >= 11 is 0. The van der Waals surface area contributed by atoms with Gasteiger partial charge in [0.15, 0.2) is 6.23 Å². The second-order valence-corrected chi connectivity index (χ2v) is 7.88.